The maximum Gasteiger partial charge on any atom is 1.00 e. The monoisotopic (exact) mass is 134 g/mol. The molecule has 0 bridgehead atoms. The molecule has 7 heavy (non-hydrogen) atoms. The molecule has 1 atom stereocenters. The standard InChI is InChI=1S/C2H5FO2S.Na/c3-1-2-6(4)5;/h1-2H2,(H,4,5);/q;+1/p-1. The van der Waals surface area contributed by atoms with Crippen LogP contribution in [0.15, 0.2) is 0 Å². The minimum Gasteiger partial charge on any atom is -0.772 e. The Labute approximate surface area is 66.1 Å². The van der Waals surface area contributed by atoms with Gasteiger partial charge < -0.3 is 4.55 Å². The third-order valence-electron chi connectivity index (χ3n) is 0.244. The smallest absolute Gasteiger partial charge is 0.772 e. The van der Waals surface area contributed by atoms with Crippen LogP contribution in [0, 0.1) is 0 Å². The van der Waals surface area contributed by atoms with Crippen molar-refractivity contribution in [3.05, 3.63) is 0 Å². The van der Waals surface area contributed by atoms with Gasteiger partial charge in [0.15, 0.2) is 0 Å². The van der Waals surface area contributed by atoms with E-state index in [-0.39, 0.29) is 35.3 Å². The summed E-state index contributed by atoms with van der Waals surface area (Å²) >= 11 is -2.19. The van der Waals surface area contributed by atoms with Crippen LogP contribution in [0.3, 0.4) is 0 Å². The Hall–Kier alpha value is 1.04. The zero-order valence-corrected chi connectivity index (χ0v) is 6.83. The van der Waals surface area contributed by atoms with Crippen LogP contribution in [0.4, 0.5) is 4.39 Å². The number of rotatable bonds is 2. The first-order valence-corrected chi connectivity index (χ1v) is 2.63. The summed E-state index contributed by atoms with van der Waals surface area (Å²) in [6, 6.07) is 0. The molecule has 0 amide bonds. The van der Waals surface area contributed by atoms with E-state index in [1.54, 1.807) is 0 Å². The summed E-state index contributed by atoms with van der Waals surface area (Å²) < 4.78 is 29.6. The van der Waals surface area contributed by atoms with Gasteiger partial charge in [0, 0.05) is 5.75 Å². The molecule has 5 heteroatoms. The molecule has 0 aromatic heterocycles. The largest absolute Gasteiger partial charge is 1.00 e. The number of halogens is 1. The normalized spacial score (nSPS) is 12.3. The van der Waals surface area contributed by atoms with E-state index in [4.69, 9.17) is 0 Å². The first-order valence-electron chi connectivity index (χ1n) is 1.39. The average Bonchev–Trinajstić information content (AvgIpc) is 1.35. The van der Waals surface area contributed by atoms with Crippen LogP contribution in [0.5, 0.6) is 0 Å². The number of hydrogen-bond donors (Lipinski definition) is 0. The second-order valence-corrected chi connectivity index (χ2v) is 1.71. The first kappa shape index (κ1) is 10.9. The minimum absolute atomic E-state index is 0. The van der Waals surface area contributed by atoms with Crippen LogP contribution in [-0.2, 0) is 11.1 Å². The maximum atomic E-state index is 10.9. The molecule has 0 aromatic rings. The zero-order valence-electron chi connectivity index (χ0n) is 4.02. The third-order valence-corrected chi connectivity index (χ3v) is 0.731. The zero-order chi connectivity index (χ0) is 4.99. The second-order valence-electron chi connectivity index (χ2n) is 0.697. The Morgan fingerprint density at radius 3 is 2.14 bits per heavy atom. The predicted octanol–water partition coefficient (Wildman–Crippen LogP) is -3.16. The van der Waals surface area contributed by atoms with Crippen molar-refractivity contribution < 1.29 is 42.7 Å². The predicted molar refractivity (Wildman–Crippen MR) is 19.8 cm³/mol. The van der Waals surface area contributed by atoms with Gasteiger partial charge in [-0.15, -0.1) is 0 Å². The van der Waals surface area contributed by atoms with E-state index in [1.807, 2.05) is 0 Å². The summed E-state index contributed by atoms with van der Waals surface area (Å²) in [6.45, 7) is -0.782. The first-order chi connectivity index (χ1) is 2.77. The summed E-state index contributed by atoms with van der Waals surface area (Å²) in [7, 11) is 0. The molecule has 1 unspecified atom stereocenters. The molecule has 2 nitrogen and oxygen atoms in total. The SMILES string of the molecule is O=S([O-])CCF.[Na+]. The van der Waals surface area contributed by atoms with Crippen molar-refractivity contribution in [2.75, 3.05) is 12.4 Å². The van der Waals surface area contributed by atoms with Crippen molar-refractivity contribution >= 4 is 11.1 Å². The quantitative estimate of drug-likeness (QED) is 0.295. The van der Waals surface area contributed by atoms with E-state index in [0.29, 0.717) is 0 Å². The van der Waals surface area contributed by atoms with Crippen molar-refractivity contribution in [2.24, 2.45) is 0 Å². The van der Waals surface area contributed by atoms with Crippen molar-refractivity contribution in [2.45, 2.75) is 0 Å². The summed E-state index contributed by atoms with van der Waals surface area (Å²) in [4.78, 5) is 0. The molecule has 0 spiro atoms. The van der Waals surface area contributed by atoms with Crippen molar-refractivity contribution in [1.29, 1.82) is 0 Å². The maximum absolute atomic E-state index is 10.9. The van der Waals surface area contributed by atoms with E-state index in [1.165, 1.54) is 0 Å². The van der Waals surface area contributed by atoms with Crippen LogP contribution in [0.2, 0.25) is 0 Å². The molecule has 38 valence electrons. The molecular weight excluding hydrogens is 130 g/mol. The summed E-state index contributed by atoms with van der Waals surface area (Å²) in [5.74, 6) is -0.375. The molecule has 0 radical (unpaired) electrons. The van der Waals surface area contributed by atoms with Crippen LogP contribution >= 0.6 is 0 Å². The van der Waals surface area contributed by atoms with Gasteiger partial charge in [0.1, 0.15) is 0 Å². The fourth-order valence-electron chi connectivity index (χ4n) is 0.0630. The van der Waals surface area contributed by atoms with Gasteiger partial charge in [-0.1, -0.05) is 11.1 Å². The number of alkyl halides is 1. The van der Waals surface area contributed by atoms with E-state index < -0.39 is 17.8 Å². The van der Waals surface area contributed by atoms with Gasteiger partial charge in [0.2, 0.25) is 0 Å². The van der Waals surface area contributed by atoms with Crippen molar-refractivity contribution in [3.8, 4) is 0 Å². The molecule has 0 aliphatic heterocycles. The molecule has 0 aromatic carbocycles. The Kier molecular flexibility index (Phi) is 11.0. The summed E-state index contributed by atoms with van der Waals surface area (Å²) in [5, 5.41) is 0. The molecule has 0 aliphatic rings. The molecule has 0 rings (SSSR count). The minimum atomic E-state index is -2.19. The van der Waals surface area contributed by atoms with Gasteiger partial charge >= 0.3 is 29.6 Å². The van der Waals surface area contributed by atoms with Crippen LogP contribution < -0.4 is 29.6 Å². The number of hydrogen-bond acceptors (Lipinski definition) is 2. The van der Waals surface area contributed by atoms with Gasteiger partial charge in [0.25, 0.3) is 0 Å². The van der Waals surface area contributed by atoms with Crippen molar-refractivity contribution in [3.63, 3.8) is 0 Å². The Morgan fingerprint density at radius 1 is 1.71 bits per heavy atom. The molecular formula is C2H4FNaO2S. The van der Waals surface area contributed by atoms with Crippen LogP contribution in [0.25, 0.3) is 0 Å². The molecule has 0 saturated carbocycles. The molecule has 0 heterocycles. The Bertz CT molecular complexity index is 59.7. The van der Waals surface area contributed by atoms with Gasteiger partial charge in [-0.3, -0.25) is 8.60 Å². The Balaban J connectivity index is 0. The topological polar surface area (TPSA) is 40.1 Å². The van der Waals surface area contributed by atoms with E-state index in [9.17, 15) is 13.2 Å². The summed E-state index contributed by atoms with van der Waals surface area (Å²) in [6.07, 6.45) is 0. The van der Waals surface area contributed by atoms with Gasteiger partial charge in [-0.05, 0) is 0 Å². The Morgan fingerprint density at radius 2 is 2.14 bits per heavy atom. The second kappa shape index (κ2) is 7.04. The van der Waals surface area contributed by atoms with Gasteiger partial charge in [-0.25, -0.2) is 0 Å². The average molecular weight is 134 g/mol. The molecule has 0 N–H and O–H groups in total. The van der Waals surface area contributed by atoms with Gasteiger partial charge in [0.05, 0.1) is 6.67 Å². The fraction of sp³-hybridized carbons (Fsp3) is 1.00. The summed E-state index contributed by atoms with van der Waals surface area (Å²) in [5.41, 5.74) is 0. The van der Waals surface area contributed by atoms with Gasteiger partial charge in [-0.2, -0.15) is 0 Å². The molecule has 0 aliphatic carbocycles. The van der Waals surface area contributed by atoms with E-state index in [0.717, 1.165) is 0 Å². The van der Waals surface area contributed by atoms with E-state index >= 15 is 0 Å². The van der Waals surface area contributed by atoms with E-state index in [2.05, 4.69) is 0 Å². The molecule has 0 fully saturated rings. The van der Waals surface area contributed by atoms with Crippen molar-refractivity contribution in [1.82, 2.24) is 0 Å². The third kappa shape index (κ3) is 11.0. The fourth-order valence-corrected chi connectivity index (χ4v) is 0.189. The van der Waals surface area contributed by atoms with Crippen LogP contribution in [-0.4, -0.2) is 21.2 Å². The van der Waals surface area contributed by atoms with Crippen LogP contribution in [0.1, 0.15) is 0 Å². The molecule has 0 saturated heterocycles.